The van der Waals surface area contributed by atoms with E-state index >= 15 is 0 Å². The molecule has 1 aliphatic heterocycles. The summed E-state index contributed by atoms with van der Waals surface area (Å²) in [5.41, 5.74) is -0.756. The lowest BCUT2D eigenvalue weighted by atomic mass is 10.1. The summed E-state index contributed by atoms with van der Waals surface area (Å²) >= 11 is 0. The van der Waals surface area contributed by atoms with E-state index in [0.717, 1.165) is 12.1 Å². The highest BCUT2D eigenvalue weighted by atomic mass is 19.4. The monoisotopic (exact) mass is 217 g/mol. The molecule has 1 aromatic carbocycles. The first-order valence-corrected chi connectivity index (χ1v) is 4.11. The third kappa shape index (κ3) is 1.88. The van der Waals surface area contributed by atoms with Gasteiger partial charge in [-0.1, -0.05) is 0 Å². The van der Waals surface area contributed by atoms with Crippen LogP contribution < -0.4 is 10.1 Å². The summed E-state index contributed by atoms with van der Waals surface area (Å²) in [6.07, 6.45) is -4.42. The topological polar surface area (TPSA) is 38.3 Å². The standard InChI is InChI=1S/C9H6F3NO2/c10-9(11,12)5-1-2-7-6(3-5)13-8(14)4-15-7/h1-3H,4H2,(H,13,14). The molecule has 15 heavy (non-hydrogen) atoms. The van der Waals surface area contributed by atoms with Gasteiger partial charge in [-0.2, -0.15) is 13.2 Å². The molecule has 0 spiro atoms. The van der Waals surface area contributed by atoms with Gasteiger partial charge in [0.15, 0.2) is 6.61 Å². The summed E-state index contributed by atoms with van der Waals surface area (Å²) in [5, 5.41) is 2.31. The average molecular weight is 217 g/mol. The molecule has 0 aliphatic carbocycles. The van der Waals surface area contributed by atoms with Crippen molar-refractivity contribution in [2.24, 2.45) is 0 Å². The second kappa shape index (κ2) is 3.15. The third-order valence-electron chi connectivity index (χ3n) is 1.94. The minimum atomic E-state index is -4.42. The largest absolute Gasteiger partial charge is 0.482 e. The molecule has 6 heteroatoms. The highest BCUT2D eigenvalue weighted by Crippen LogP contribution is 2.35. The van der Waals surface area contributed by atoms with E-state index in [1.165, 1.54) is 6.07 Å². The number of halogens is 3. The zero-order chi connectivity index (χ0) is 11.1. The van der Waals surface area contributed by atoms with E-state index in [1.807, 2.05) is 0 Å². The van der Waals surface area contributed by atoms with Crippen molar-refractivity contribution in [3.05, 3.63) is 23.8 Å². The van der Waals surface area contributed by atoms with Crippen LogP contribution in [0.2, 0.25) is 0 Å². The fraction of sp³-hybridized carbons (Fsp3) is 0.222. The number of amides is 1. The van der Waals surface area contributed by atoms with Crippen LogP contribution in [0.3, 0.4) is 0 Å². The number of hydrogen-bond donors (Lipinski definition) is 1. The SMILES string of the molecule is O=C1COc2ccc(C(F)(F)F)cc2N1. The Kier molecular flexibility index (Phi) is 2.06. The zero-order valence-electron chi connectivity index (χ0n) is 7.39. The van der Waals surface area contributed by atoms with Crippen molar-refractivity contribution in [2.75, 3.05) is 11.9 Å². The van der Waals surface area contributed by atoms with Crippen molar-refractivity contribution in [1.29, 1.82) is 0 Å². The summed E-state index contributed by atoms with van der Waals surface area (Å²) in [6, 6.07) is 2.96. The number of hydrogen-bond acceptors (Lipinski definition) is 2. The molecule has 1 N–H and O–H groups in total. The molecule has 0 saturated carbocycles. The fourth-order valence-electron chi connectivity index (χ4n) is 1.26. The summed E-state index contributed by atoms with van der Waals surface area (Å²) in [5.74, 6) is -0.204. The molecule has 0 radical (unpaired) electrons. The molecule has 3 nitrogen and oxygen atoms in total. The van der Waals surface area contributed by atoms with Crippen LogP contribution in [0.25, 0.3) is 0 Å². The first kappa shape index (κ1) is 9.82. The maximum absolute atomic E-state index is 12.3. The summed E-state index contributed by atoms with van der Waals surface area (Å²) in [4.78, 5) is 10.9. The van der Waals surface area contributed by atoms with Crippen LogP contribution in [0, 0.1) is 0 Å². The predicted molar refractivity (Wildman–Crippen MR) is 45.6 cm³/mol. The van der Waals surface area contributed by atoms with Gasteiger partial charge in [0, 0.05) is 0 Å². The smallest absolute Gasteiger partial charge is 0.416 e. The van der Waals surface area contributed by atoms with E-state index in [4.69, 9.17) is 4.74 Å². The van der Waals surface area contributed by atoms with E-state index in [1.54, 1.807) is 0 Å². The van der Waals surface area contributed by atoms with E-state index in [-0.39, 0.29) is 18.0 Å². The number of carbonyl (C=O) groups is 1. The summed E-state index contributed by atoms with van der Waals surface area (Å²) in [6.45, 7) is -0.168. The van der Waals surface area contributed by atoms with E-state index in [9.17, 15) is 18.0 Å². The first-order chi connectivity index (χ1) is 6.97. The molecule has 1 aliphatic rings. The first-order valence-electron chi connectivity index (χ1n) is 4.11. The number of alkyl halides is 3. The summed E-state index contributed by atoms with van der Waals surface area (Å²) < 4.78 is 41.8. The van der Waals surface area contributed by atoms with Crippen molar-refractivity contribution in [3.8, 4) is 5.75 Å². The lowest BCUT2D eigenvalue weighted by Gasteiger charge is -2.19. The highest BCUT2D eigenvalue weighted by molar-refractivity contribution is 5.95. The Labute approximate surface area is 82.8 Å². The Morgan fingerprint density at radius 3 is 2.73 bits per heavy atom. The number of rotatable bonds is 0. The van der Waals surface area contributed by atoms with Gasteiger partial charge in [-0.15, -0.1) is 0 Å². The minimum absolute atomic E-state index is 0.0566. The zero-order valence-corrected chi connectivity index (χ0v) is 7.39. The normalized spacial score (nSPS) is 15.3. The van der Waals surface area contributed by atoms with Crippen molar-refractivity contribution in [2.45, 2.75) is 6.18 Å². The lowest BCUT2D eigenvalue weighted by Crippen LogP contribution is -2.25. The molecular formula is C9H6F3NO2. The third-order valence-corrected chi connectivity index (χ3v) is 1.94. The number of anilines is 1. The van der Waals surface area contributed by atoms with Crippen molar-refractivity contribution in [1.82, 2.24) is 0 Å². The average Bonchev–Trinajstić information content (AvgIpc) is 2.15. The van der Waals surface area contributed by atoms with Gasteiger partial charge in [0.25, 0.3) is 5.91 Å². The number of nitrogens with one attached hydrogen (secondary N) is 1. The van der Waals surface area contributed by atoms with E-state index in [2.05, 4.69) is 5.32 Å². The number of fused-ring (bicyclic) bond motifs is 1. The van der Waals surface area contributed by atoms with Gasteiger partial charge in [0.05, 0.1) is 11.3 Å². The Morgan fingerprint density at radius 2 is 2.07 bits per heavy atom. The van der Waals surface area contributed by atoms with Gasteiger partial charge in [0.1, 0.15) is 5.75 Å². The Morgan fingerprint density at radius 1 is 1.33 bits per heavy atom. The fourth-order valence-corrected chi connectivity index (χ4v) is 1.26. The van der Waals surface area contributed by atoms with Crippen LogP contribution in [0.1, 0.15) is 5.56 Å². The van der Waals surface area contributed by atoms with Crippen LogP contribution in [0.4, 0.5) is 18.9 Å². The molecule has 1 amide bonds. The van der Waals surface area contributed by atoms with Gasteiger partial charge in [-0.25, -0.2) is 0 Å². The molecule has 80 valence electrons. The van der Waals surface area contributed by atoms with Crippen molar-refractivity contribution in [3.63, 3.8) is 0 Å². The molecule has 1 aromatic rings. The maximum Gasteiger partial charge on any atom is 0.416 e. The van der Waals surface area contributed by atoms with Crippen LogP contribution in [0.15, 0.2) is 18.2 Å². The Bertz CT molecular complexity index is 414. The Hall–Kier alpha value is -1.72. The Balaban J connectivity index is 2.41. The number of carbonyl (C=O) groups excluding carboxylic acids is 1. The van der Waals surface area contributed by atoms with Gasteiger partial charge in [0.2, 0.25) is 0 Å². The van der Waals surface area contributed by atoms with Crippen molar-refractivity contribution >= 4 is 11.6 Å². The molecule has 1 heterocycles. The van der Waals surface area contributed by atoms with Gasteiger partial charge >= 0.3 is 6.18 Å². The molecule has 0 bridgehead atoms. The molecule has 0 unspecified atom stereocenters. The van der Waals surface area contributed by atoms with Gasteiger partial charge < -0.3 is 10.1 Å². The second-order valence-electron chi connectivity index (χ2n) is 3.05. The molecule has 2 rings (SSSR count). The molecule has 0 fully saturated rings. The van der Waals surface area contributed by atoms with Crippen LogP contribution in [0.5, 0.6) is 5.75 Å². The molecule has 0 saturated heterocycles. The molecule has 0 aromatic heterocycles. The molecular weight excluding hydrogens is 211 g/mol. The lowest BCUT2D eigenvalue weighted by molar-refractivity contribution is -0.137. The number of ether oxygens (including phenoxy) is 1. The quantitative estimate of drug-likeness (QED) is 0.722. The minimum Gasteiger partial charge on any atom is -0.482 e. The second-order valence-corrected chi connectivity index (χ2v) is 3.05. The van der Waals surface area contributed by atoms with Crippen molar-refractivity contribution < 1.29 is 22.7 Å². The van der Waals surface area contributed by atoms with Crippen LogP contribution in [-0.2, 0) is 11.0 Å². The predicted octanol–water partition coefficient (Wildman–Crippen LogP) is 2.04. The number of benzene rings is 1. The van der Waals surface area contributed by atoms with Gasteiger partial charge in [-0.3, -0.25) is 4.79 Å². The van der Waals surface area contributed by atoms with E-state index in [0.29, 0.717) is 0 Å². The summed E-state index contributed by atoms with van der Waals surface area (Å²) in [7, 11) is 0. The highest BCUT2D eigenvalue weighted by Gasteiger charge is 2.32. The van der Waals surface area contributed by atoms with E-state index < -0.39 is 17.6 Å². The maximum atomic E-state index is 12.3. The molecule has 0 atom stereocenters. The van der Waals surface area contributed by atoms with Gasteiger partial charge in [-0.05, 0) is 18.2 Å². The van der Waals surface area contributed by atoms with Crippen LogP contribution in [-0.4, -0.2) is 12.5 Å². The van der Waals surface area contributed by atoms with Crippen LogP contribution >= 0.6 is 0 Å².